The average molecular weight is 211 g/mol. The Balaban J connectivity index is 3.19. The molecule has 4 nitrogen and oxygen atoms in total. The molecule has 76 valence electrons. The number of ketones is 1. The van der Waals surface area contributed by atoms with Crippen molar-refractivity contribution < 1.29 is 4.79 Å². The standard InChI is InChI=1S/C9H13N3OS/c1-4-8(13)9-7(11-6(2)3)5-10-12(9)14/h5,14H,4H2,1-3H3. The van der Waals surface area contributed by atoms with Crippen molar-refractivity contribution in [1.29, 1.82) is 0 Å². The van der Waals surface area contributed by atoms with Gasteiger partial charge in [0.15, 0.2) is 5.78 Å². The first-order valence-corrected chi connectivity index (χ1v) is 4.78. The van der Waals surface area contributed by atoms with Gasteiger partial charge in [0, 0.05) is 12.1 Å². The van der Waals surface area contributed by atoms with Crippen molar-refractivity contribution in [3.63, 3.8) is 0 Å². The van der Waals surface area contributed by atoms with E-state index in [2.05, 4.69) is 22.9 Å². The van der Waals surface area contributed by atoms with Gasteiger partial charge in [-0.25, -0.2) is 4.09 Å². The van der Waals surface area contributed by atoms with E-state index >= 15 is 0 Å². The van der Waals surface area contributed by atoms with Gasteiger partial charge in [0.2, 0.25) is 0 Å². The van der Waals surface area contributed by atoms with E-state index in [4.69, 9.17) is 0 Å². The molecule has 0 aromatic carbocycles. The molecule has 0 aliphatic heterocycles. The first-order chi connectivity index (χ1) is 6.56. The molecular formula is C9H13N3OS. The topological polar surface area (TPSA) is 47.2 Å². The zero-order valence-electron chi connectivity index (χ0n) is 8.48. The number of hydrogen-bond donors (Lipinski definition) is 1. The summed E-state index contributed by atoms with van der Waals surface area (Å²) < 4.78 is 1.27. The minimum absolute atomic E-state index is 0.00231. The normalized spacial score (nSPS) is 10.0. The lowest BCUT2D eigenvalue weighted by molar-refractivity contribution is 0.0983. The Hall–Kier alpha value is -1.10. The van der Waals surface area contributed by atoms with Gasteiger partial charge in [-0.1, -0.05) is 6.92 Å². The Morgan fingerprint density at radius 3 is 2.79 bits per heavy atom. The van der Waals surface area contributed by atoms with Crippen LogP contribution < -0.4 is 0 Å². The molecule has 0 unspecified atom stereocenters. The molecule has 0 spiro atoms. The summed E-state index contributed by atoms with van der Waals surface area (Å²) in [5.74, 6) is -0.00231. The molecule has 0 N–H and O–H groups in total. The van der Waals surface area contributed by atoms with Gasteiger partial charge in [0.25, 0.3) is 0 Å². The van der Waals surface area contributed by atoms with E-state index in [1.807, 2.05) is 13.8 Å². The highest BCUT2D eigenvalue weighted by molar-refractivity contribution is 7.78. The maximum Gasteiger partial charge on any atom is 0.183 e. The number of nitrogens with zero attached hydrogens (tertiary/aromatic N) is 3. The summed E-state index contributed by atoms with van der Waals surface area (Å²) >= 11 is 4.05. The van der Waals surface area contributed by atoms with Crippen molar-refractivity contribution in [2.45, 2.75) is 27.2 Å². The summed E-state index contributed by atoms with van der Waals surface area (Å²) in [6, 6.07) is 0. The molecule has 1 rings (SSSR count). The van der Waals surface area contributed by atoms with E-state index in [9.17, 15) is 4.79 Å². The molecule has 0 aliphatic rings. The van der Waals surface area contributed by atoms with Gasteiger partial charge in [-0.3, -0.25) is 9.79 Å². The monoisotopic (exact) mass is 211 g/mol. The Morgan fingerprint density at radius 1 is 1.64 bits per heavy atom. The molecule has 0 aliphatic carbocycles. The summed E-state index contributed by atoms with van der Waals surface area (Å²) in [4.78, 5) is 15.7. The van der Waals surface area contributed by atoms with Gasteiger partial charge in [-0.2, -0.15) is 5.10 Å². The maximum atomic E-state index is 11.5. The fourth-order valence-corrected chi connectivity index (χ4v) is 1.34. The van der Waals surface area contributed by atoms with Gasteiger partial charge in [0.1, 0.15) is 11.4 Å². The third kappa shape index (κ3) is 2.23. The number of thiol groups is 1. The Labute approximate surface area is 88.6 Å². The minimum Gasteiger partial charge on any atom is -0.292 e. The molecule has 1 aromatic rings. The van der Waals surface area contributed by atoms with Crippen LogP contribution in [0.25, 0.3) is 0 Å². The van der Waals surface area contributed by atoms with Crippen LogP contribution in [0.4, 0.5) is 5.69 Å². The molecule has 1 aromatic heterocycles. The number of carbonyl (C=O) groups excluding carboxylic acids is 1. The first-order valence-electron chi connectivity index (χ1n) is 4.38. The molecule has 5 heteroatoms. The van der Waals surface area contributed by atoms with Gasteiger partial charge in [0.05, 0.1) is 6.20 Å². The maximum absolute atomic E-state index is 11.5. The highest BCUT2D eigenvalue weighted by Gasteiger charge is 2.14. The SMILES string of the molecule is CCC(=O)c1c(N=C(C)C)cnn1S. The lowest BCUT2D eigenvalue weighted by Gasteiger charge is -1.99. The highest BCUT2D eigenvalue weighted by atomic mass is 32.1. The van der Waals surface area contributed by atoms with Crippen molar-refractivity contribution in [2.75, 3.05) is 0 Å². The van der Waals surface area contributed by atoms with Crippen molar-refractivity contribution in [3.05, 3.63) is 11.9 Å². The fraction of sp³-hybridized carbons (Fsp3) is 0.444. The zero-order valence-corrected chi connectivity index (χ0v) is 9.38. The van der Waals surface area contributed by atoms with Crippen LogP contribution in [0, 0.1) is 0 Å². The lowest BCUT2D eigenvalue weighted by Crippen LogP contribution is -2.02. The van der Waals surface area contributed by atoms with E-state index in [0.717, 1.165) is 5.71 Å². The fourth-order valence-electron chi connectivity index (χ4n) is 1.08. The minimum atomic E-state index is -0.00231. The van der Waals surface area contributed by atoms with Gasteiger partial charge in [-0.15, -0.1) is 0 Å². The molecule has 14 heavy (non-hydrogen) atoms. The van der Waals surface area contributed by atoms with E-state index in [1.54, 1.807) is 13.1 Å². The highest BCUT2D eigenvalue weighted by Crippen LogP contribution is 2.21. The van der Waals surface area contributed by atoms with Crippen LogP contribution in [0.2, 0.25) is 0 Å². The van der Waals surface area contributed by atoms with Crippen LogP contribution in [-0.4, -0.2) is 20.7 Å². The molecule has 0 saturated carbocycles. The molecule has 0 amide bonds. The summed E-state index contributed by atoms with van der Waals surface area (Å²) in [5.41, 5.74) is 1.93. The average Bonchev–Trinajstić information content (AvgIpc) is 2.45. The molecule has 0 radical (unpaired) electrons. The number of carbonyl (C=O) groups is 1. The Kier molecular flexibility index (Phi) is 3.46. The van der Waals surface area contributed by atoms with Crippen LogP contribution in [0.3, 0.4) is 0 Å². The van der Waals surface area contributed by atoms with Crippen molar-refractivity contribution in [3.8, 4) is 0 Å². The lowest BCUT2D eigenvalue weighted by atomic mass is 10.2. The Bertz CT molecular complexity index is 377. The van der Waals surface area contributed by atoms with Crippen LogP contribution in [0.5, 0.6) is 0 Å². The second-order valence-corrected chi connectivity index (χ2v) is 3.48. The summed E-state index contributed by atoms with van der Waals surface area (Å²) in [6.07, 6.45) is 1.97. The van der Waals surface area contributed by atoms with E-state index in [-0.39, 0.29) is 5.78 Å². The third-order valence-corrected chi connectivity index (χ3v) is 1.96. The third-order valence-electron chi connectivity index (χ3n) is 1.66. The first kappa shape index (κ1) is 11.0. The van der Waals surface area contributed by atoms with E-state index in [0.29, 0.717) is 17.8 Å². The second kappa shape index (κ2) is 4.41. The quantitative estimate of drug-likeness (QED) is 0.473. The molecule has 0 atom stereocenters. The molecular weight excluding hydrogens is 198 g/mol. The summed E-state index contributed by atoms with van der Waals surface area (Å²) in [7, 11) is 0. The number of aromatic nitrogens is 2. The number of hydrogen-bond acceptors (Lipinski definition) is 4. The van der Waals surface area contributed by atoms with Gasteiger partial charge >= 0.3 is 0 Å². The number of Topliss-reactive ketones (excluding diaryl/α,β-unsaturated/α-hetero) is 1. The van der Waals surface area contributed by atoms with Crippen LogP contribution >= 0.6 is 12.8 Å². The van der Waals surface area contributed by atoms with E-state index < -0.39 is 0 Å². The number of aliphatic imine (C=N–C) groups is 1. The zero-order chi connectivity index (χ0) is 10.7. The molecule has 0 bridgehead atoms. The van der Waals surface area contributed by atoms with Crippen LogP contribution in [0.15, 0.2) is 11.2 Å². The number of rotatable bonds is 3. The predicted octanol–water partition coefficient (Wildman–Crippen LogP) is 2.28. The Morgan fingerprint density at radius 2 is 2.29 bits per heavy atom. The summed E-state index contributed by atoms with van der Waals surface area (Å²) in [5, 5.41) is 3.89. The van der Waals surface area contributed by atoms with Crippen LogP contribution in [0.1, 0.15) is 37.7 Å². The van der Waals surface area contributed by atoms with E-state index in [1.165, 1.54) is 4.09 Å². The second-order valence-electron chi connectivity index (χ2n) is 3.10. The van der Waals surface area contributed by atoms with Gasteiger partial charge in [-0.05, 0) is 26.7 Å². The van der Waals surface area contributed by atoms with Crippen LogP contribution in [-0.2, 0) is 0 Å². The van der Waals surface area contributed by atoms with Gasteiger partial charge < -0.3 is 0 Å². The summed E-state index contributed by atoms with van der Waals surface area (Å²) in [6.45, 7) is 5.54. The van der Waals surface area contributed by atoms with Crippen molar-refractivity contribution >= 4 is 30.0 Å². The van der Waals surface area contributed by atoms with Crippen molar-refractivity contribution in [2.24, 2.45) is 4.99 Å². The predicted molar refractivity (Wildman–Crippen MR) is 59.7 cm³/mol. The molecule has 0 saturated heterocycles. The largest absolute Gasteiger partial charge is 0.292 e. The van der Waals surface area contributed by atoms with Crippen molar-refractivity contribution in [1.82, 2.24) is 9.19 Å². The molecule has 0 fully saturated rings. The smallest absolute Gasteiger partial charge is 0.183 e. The molecule has 1 heterocycles.